The predicted octanol–water partition coefficient (Wildman–Crippen LogP) is 8.06. The monoisotopic (exact) mass is 724 g/mol. The summed E-state index contributed by atoms with van der Waals surface area (Å²) in [7, 11) is -4.91. The highest BCUT2D eigenvalue weighted by atomic mass is 32.3. The fourth-order valence-corrected chi connectivity index (χ4v) is 7.01. The first kappa shape index (κ1) is 41.5. The van der Waals surface area contributed by atoms with E-state index in [1.807, 2.05) is 48.5 Å². The van der Waals surface area contributed by atoms with E-state index in [2.05, 4.69) is 37.2 Å². The first-order chi connectivity index (χ1) is 24.5. The molecule has 0 bridgehead atoms. The van der Waals surface area contributed by atoms with Crippen molar-refractivity contribution >= 4 is 22.5 Å². The van der Waals surface area contributed by atoms with E-state index in [0.29, 0.717) is 5.56 Å². The molecule has 10 nitrogen and oxygen atoms in total. The van der Waals surface area contributed by atoms with Gasteiger partial charge in [-0.25, -0.2) is 18.0 Å². The summed E-state index contributed by atoms with van der Waals surface area (Å²) in [6, 6.07) is 19.7. The van der Waals surface area contributed by atoms with Gasteiger partial charge in [-0.15, -0.1) is 0 Å². The average molecular weight is 725 g/mol. The number of hydrogen-bond acceptors (Lipinski definition) is 7. The Hall–Kier alpha value is -3.93. The molecule has 280 valence electrons. The zero-order valence-electron chi connectivity index (χ0n) is 30.6. The minimum atomic E-state index is -4.91. The second kappa shape index (κ2) is 20.8. The molecule has 4 rings (SSSR count). The number of carbonyl (C=O) groups is 2. The molecule has 2 N–H and O–H groups in total. The maximum atomic E-state index is 12.4. The van der Waals surface area contributed by atoms with Crippen molar-refractivity contribution in [2.75, 3.05) is 32.8 Å². The summed E-state index contributed by atoms with van der Waals surface area (Å²) < 4.78 is 43.0. The Morgan fingerprint density at radius 1 is 0.765 bits per heavy atom. The summed E-state index contributed by atoms with van der Waals surface area (Å²) in [4.78, 5) is 24.1. The van der Waals surface area contributed by atoms with E-state index in [9.17, 15) is 27.7 Å². The Labute approximate surface area is 304 Å². The van der Waals surface area contributed by atoms with Gasteiger partial charge in [-0.1, -0.05) is 114 Å². The van der Waals surface area contributed by atoms with Crippen molar-refractivity contribution in [1.29, 1.82) is 0 Å². The Bertz CT molecular complexity index is 1540. The van der Waals surface area contributed by atoms with Gasteiger partial charge in [0.05, 0.1) is 26.2 Å². The summed E-state index contributed by atoms with van der Waals surface area (Å²) >= 11 is 0. The molecule has 0 radical (unpaired) electrons. The van der Waals surface area contributed by atoms with E-state index in [4.69, 9.17) is 4.74 Å². The van der Waals surface area contributed by atoms with E-state index in [-0.39, 0.29) is 24.7 Å². The first-order valence-corrected chi connectivity index (χ1v) is 19.7. The van der Waals surface area contributed by atoms with Gasteiger partial charge in [0.2, 0.25) is 0 Å². The van der Waals surface area contributed by atoms with Crippen LogP contribution in [-0.2, 0) is 26.4 Å². The fraction of sp³-hybridized carbons (Fsp3) is 0.500. The average Bonchev–Trinajstić information content (AvgIpc) is 3.43. The van der Waals surface area contributed by atoms with Crippen LogP contribution in [0.15, 0.2) is 72.8 Å². The van der Waals surface area contributed by atoms with Crippen LogP contribution in [0.1, 0.15) is 102 Å². The number of carboxylic acid groups (broad SMARTS) is 1. The zero-order valence-corrected chi connectivity index (χ0v) is 31.5. The Balaban J connectivity index is 0.000000351. The van der Waals surface area contributed by atoms with Crippen LogP contribution in [0.5, 0.6) is 5.75 Å². The number of alkyl carbamates (subject to hydrolysis) is 1. The molecule has 0 saturated heterocycles. The molecular weight excluding hydrogens is 669 g/mol. The predicted molar refractivity (Wildman–Crippen MR) is 199 cm³/mol. The number of nitrogens with zero attached hydrogens (tertiary/aromatic N) is 1. The normalized spacial score (nSPS) is 13.0. The second-order valence-electron chi connectivity index (χ2n) is 13.4. The maximum absolute atomic E-state index is 12.4. The highest BCUT2D eigenvalue weighted by molar-refractivity contribution is 7.81. The van der Waals surface area contributed by atoms with Crippen molar-refractivity contribution in [1.82, 2.24) is 5.32 Å². The molecule has 0 spiro atoms. The number of ether oxygens (including phenoxy) is 1. The third-order valence-electron chi connectivity index (χ3n) is 9.44. The standard InChI is InChI=1S/C24H21NO8S.C16H36N/c26-23(27)22(13-15-9-11-16(12-10-15)33-34(29,30)31)25-24(28)32-14-21-19-7-3-1-5-17(19)18-6-2-4-8-20(18)21;1-5-9-13-17(14-10-6-2,15-11-7-3)16-12-8-4/h1-12,21-22H,13-14H2,(H,25,28)(H,26,27)(H,29,30,31);5-16H2,1-4H3/q;+1/p-1/t22-;/m0./s1. The van der Waals surface area contributed by atoms with Gasteiger partial charge in [-0.2, -0.15) is 0 Å². The SMILES string of the molecule is CCCC[N+](CCCC)(CCCC)CCCC.O=C(N[C@@H](Cc1ccc(OS(=O)(=O)[O-])cc1)C(=O)O)OCC1c2ccccc2-c2ccccc21. The van der Waals surface area contributed by atoms with Crippen LogP contribution in [0.4, 0.5) is 4.79 Å². The van der Waals surface area contributed by atoms with Crippen LogP contribution in [0.25, 0.3) is 11.1 Å². The van der Waals surface area contributed by atoms with Gasteiger partial charge in [0.25, 0.3) is 10.4 Å². The fourth-order valence-electron chi connectivity index (χ4n) is 6.66. The van der Waals surface area contributed by atoms with Gasteiger partial charge in [0, 0.05) is 12.3 Å². The van der Waals surface area contributed by atoms with Crippen molar-refractivity contribution in [3.63, 3.8) is 0 Å². The number of unbranched alkanes of at least 4 members (excludes halogenated alkanes) is 4. The molecule has 0 fully saturated rings. The number of quaternary nitrogens is 1. The minimum Gasteiger partial charge on any atom is -0.716 e. The molecule has 0 heterocycles. The molecule has 1 aliphatic carbocycles. The van der Waals surface area contributed by atoms with E-state index < -0.39 is 28.5 Å². The van der Waals surface area contributed by atoms with Crippen molar-refractivity contribution in [2.24, 2.45) is 0 Å². The number of hydrogen-bond donors (Lipinski definition) is 2. The van der Waals surface area contributed by atoms with E-state index >= 15 is 0 Å². The van der Waals surface area contributed by atoms with E-state index in [1.165, 1.54) is 106 Å². The molecule has 3 aromatic carbocycles. The molecule has 3 aromatic rings. The number of fused-ring (bicyclic) bond motifs is 3. The number of carboxylic acids is 1. The lowest BCUT2D eigenvalue weighted by Gasteiger charge is -2.39. The van der Waals surface area contributed by atoms with Crippen LogP contribution in [0.3, 0.4) is 0 Å². The Morgan fingerprint density at radius 3 is 1.63 bits per heavy atom. The lowest BCUT2D eigenvalue weighted by atomic mass is 9.98. The summed E-state index contributed by atoms with van der Waals surface area (Å²) in [5.74, 6) is -1.63. The van der Waals surface area contributed by atoms with Gasteiger partial charge in [0.15, 0.2) is 0 Å². The lowest BCUT2D eigenvalue weighted by Crippen LogP contribution is -2.50. The highest BCUT2D eigenvalue weighted by Gasteiger charge is 2.30. The van der Waals surface area contributed by atoms with Crippen molar-refractivity contribution < 1.29 is 41.1 Å². The first-order valence-electron chi connectivity index (χ1n) is 18.4. The molecule has 0 aromatic heterocycles. The van der Waals surface area contributed by atoms with Gasteiger partial charge in [0.1, 0.15) is 18.4 Å². The summed E-state index contributed by atoms with van der Waals surface area (Å²) in [6.45, 7) is 15.1. The second-order valence-corrected chi connectivity index (χ2v) is 14.3. The zero-order chi connectivity index (χ0) is 37.3. The van der Waals surface area contributed by atoms with Gasteiger partial charge < -0.3 is 28.4 Å². The van der Waals surface area contributed by atoms with Gasteiger partial charge >= 0.3 is 12.1 Å². The largest absolute Gasteiger partial charge is 0.716 e. The highest BCUT2D eigenvalue weighted by Crippen LogP contribution is 2.44. The number of nitrogens with one attached hydrogen (secondary N) is 1. The van der Waals surface area contributed by atoms with Gasteiger partial charge in [-0.3, -0.25) is 0 Å². The quantitative estimate of drug-likeness (QED) is 0.0677. The molecule has 11 heteroatoms. The van der Waals surface area contributed by atoms with Crippen molar-refractivity contribution in [3.8, 4) is 16.9 Å². The maximum Gasteiger partial charge on any atom is 0.407 e. The molecule has 0 saturated carbocycles. The minimum absolute atomic E-state index is 0.0436. The third kappa shape index (κ3) is 13.3. The van der Waals surface area contributed by atoms with Crippen LogP contribution in [0.2, 0.25) is 0 Å². The molecule has 1 amide bonds. The number of aliphatic carboxylic acids is 1. The lowest BCUT2D eigenvalue weighted by molar-refractivity contribution is -0.929. The molecule has 0 unspecified atom stereocenters. The molecule has 0 aliphatic heterocycles. The Morgan fingerprint density at radius 2 is 1.22 bits per heavy atom. The van der Waals surface area contributed by atoms with Crippen LogP contribution >= 0.6 is 0 Å². The van der Waals surface area contributed by atoms with Gasteiger partial charge in [-0.05, 0) is 65.6 Å². The van der Waals surface area contributed by atoms with Crippen molar-refractivity contribution in [3.05, 3.63) is 89.5 Å². The number of carbonyl (C=O) groups excluding carboxylic acids is 1. The van der Waals surface area contributed by atoms with Crippen molar-refractivity contribution in [2.45, 2.75) is 97.4 Å². The number of rotatable bonds is 20. The molecule has 1 aliphatic rings. The van der Waals surface area contributed by atoms with Crippen LogP contribution in [0, 0.1) is 0 Å². The van der Waals surface area contributed by atoms with E-state index in [0.717, 1.165) is 22.3 Å². The molecular formula is C40H56N2O8S. The molecule has 51 heavy (non-hydrogen) atoms. The Kier molecular flexibility index (Phi) is 16.9. The van der Waals surface area contributed by atoms with Crippen LogP contribution in [-0.4, -0.2) is 73.5 Å². The smallest absolute Gasteiger partial charge is 0.407 e. The number of amides is 1. The third-order valence-corrected chi connectivity index (χ3v) is 9.84. The van der Waals surface area contributed by atoms with Crippen LogP contribution < -0.4 is 9.50 Å². The summed E-state index contributed by atoms with van der Waals surface area (Å²) in [6.07, 6.45) is 10.1. The molecule has 1 atom stereocenters. The topological polar surface area (TPSA) is 142 Å². The van der Waals surface area contributed by atoms with E-state index in [1.54, 1.807) is 0 Å². The summed E-state index contributed by atoms with van der Waals surface area (Å²) in [5, 5.41) is 11.9. The summed E-state index contributed by atoms with van der Waals surface area (Å²) in [5.41, 5.74) is 4.70. The number of benzene rings is 3.